The Bertz CT molecular complexity index is 1100. The third kappa shape index (κ3) is 4.23. The summed E-state index contributed by atoms with van der Waals surface area (Å²) in [4.78, 5) is 66.1. The standard InChI is InChI=1S/C26H26N2O6/c1-16(2)15-34-26(33)21(28-24(31)19-11-5-6-12-20(19)25(28)32)13-7-8-14-27-22(29)17-9-3-4-10-18(17)23(27)30/h3-6,9-12,16,21H,7-8,13-15H2,1-2H3. The van der Waals surface area contributed by atoms with Crippen LogP contribution in [0.2, 0.25) is 0 Å². The number of unbranched alkanes of at least 4 members (excludes halogenated alkanes) is 1. The maximum atomic E-state index is 12.9. The quantitative estimate of drug-likeness (QED) is 0.322. The minimum atomic E-state index is -1.08. The molecule has 2 aromatic carbocycles. The van der Waals surface area contributed by atoms with Gasteiger partial charge in [0, 0.05) is 6.54 Å². The summed E-state index contributed by atoms with van der Waals surface area (Å²) in [6.45, 7) is 4.15. The van der Waals surface area contributed by atoms with Gasteiger partial charge in [-0.15, -0.1) is 0 Å². The second-order valence-corrected chi connectivity index (χ2v) is 8.87. The lowest BCUT2D eigenvalue weighted by Gasteiger charge is -2.25. The summed E-state index contributed by atoms with van der Waals surface area (Å²) < 4.78 is 5.38. The van der Waals surface area contributed by atoms with Crippen LogP contribution in [0.5, 0.6) is 0 Å². The van der Waals surface area contributed by atoms with Gasteiger partial charge in [0.1, 0.15) is 6.04 Å². The number of ether oxygens (including phenoxy) is 1. The highest BCUT2D eigenvalue weighted by molar-refractivity contribution is 6.23. The summed E-state index contributed by atoms with van der Waals surface area (Å²) in [6.07, 6.45) is 0.996. The molecule has 0 aliphatic carbocycles. The number of fused-ring (bicyclic) bond motifs is 2. The van der Waals surface area contributed by atoms with Crippen molar-refractivity contribution in [1.82, 2.24) is 9.80 Å². The molecule has 8 heteroatoms. The Labute approximate surface area is 197 Å². The molecule has 0 fully saturated rings. The summed E-state index contributed by atoms with van der Waals surface area (Å²) in [7, 11) is 0. The van der Waals surface area contributed by atoms with E-state index in [1.807, 2.05) is 13.8 Å². The molecule has 4 amide bonds. The van der Waals surface area contributed by atoms with Gasteiger partial charge in [-0.05, 0) is 49.4 Å². The SMILES string of the molecule is CC(C)COC(=O)C(CCCCN1C(=O)c2ccccc2C1=O)N1C(=O)c2ccccc2C1=O. The van der Waals surface area contributed by atoms with E-state index in [1.54, 1.807) is 48.5 Å². The zero-order chi connectivity index (χ0) is 24.4. The second-order valence-electron chi connectivity index (χ2n) is 8.87. The molecule has 2 aromatic rings. The summed E-state index contributed by atoms with van der Waals surface area (Å²) >= 11 is 0. The zero-order valence-electron chi connectivity index (χ0n) is 19.2. The van der Waals surface area contributed by atoms with Gasteiger partial charge < -0.3 is 4.74 Å². The van der Waals surface area contributed by atoms with Crippen molar-refractivity contribution in [2.75, 3.05) is 13.2 Å². The third-order valence-electron chi connectivity index (χ3n) is 5.96. The lowest BCUT2D eigenvalue weighted by Crippen LogP contribution is -2.46. The smallest absolute Gasteiger partial charge is 0.329 e. The summed E-state index contributed by atoms with van der Waals surface area (Å²) in [5, 5.41) is 0. The molecule has 4 rings (SSSR count). The number of rotatable bonds is 9. The van der Waals surface area contributed by atoms with E-state index in [0.29, 0.717) is 24.0 Å². The normalized spacial score (nSPS) is 15.7. The number of hydrogen-bond acceptors (Lipinski definition) is 6. The van der Waals surface area contributed by atoms with Gasteiger partial charge in [0.2, 0.25) is 0 Å². The fraction of sp³-hybridized carbons (Fsp3) is 0.346. The van der Waals surface area contributed by atoms with Crippen LogP contribution in [0, 0.1) is 5.92 Å². The summed E-state index contributed by atoms with van der Waals surface area (Å²) in [5.74, 6) is -2.26. The molecule has 2 aliphatic heterocycles. The van der Waals surface area contributed by atoms with Crippen LogP contribution < -0.4 is 0 Å². The van der Waals surface area contributed by atoms with Crippen LogP contribution in [0.25, 0.3) is 0 Å². The van der Waals surface area contributed by atoms with Gasteiger partial charge in [0.05, 0.1) is 28.9 Å². The molecule has 1 atom stereocenters. The molecular formula is C26H26N2O6. The van der Waals surface area contributed by atoms with Crippen LogP contribution in [-0.4, -0.2) is 58.6 Å². The number of amides is 4. The molecule has 0 N–H and O–H groups in total. The van der Waals surface area contributed by atoms with E-state index >= 15 is 0 Å². The van der Waals surface area contributed by atoms with Crippen LogP contribution >= 0.6 is 0 Å². The number of carbonyl (C=O) groups excluding carboxylic acids is 5. The molecule has 8 nitrogen and oxygen atoms in total. The zero-order valence-corrected chi connectivity index (χ0v) is 19.2. The van der Waals surface area contributed by atoms with E-state index < -0.39 is 23.8 Å². The lowest BCUT2D eigenvalue weighted by molar-refractivity contribution is -0.149. The van der Waals surface area contributed by atoms with Crippen LogP contribution in [-0.2, 0) is 9.53 Å². The predicted molar refractivity (Wildman–Crippen MR) is 122 cm³/mol. The van der Waals surface area contributed by atoms with Gasteiger partial charge in [-0.1, -0.05) is 38.1 Å². The Hall–Kier alpha value is -3.81. The van der Waals surface area contributed by atoms with Gasteiger partial charge in [0.25, 0.3) is 23.6 Å². The monoisotopic (exact) mass is 462 g/mol. The molecule has 1 unspecified atom stereocenters. The molecule has 0 aromatic heterocycles. The molecular weight excluding hydrogens is 436 g/mol. The molecule has 0 radical (unpaired) electrons. The molecule has 2 aliphatic rings. The Morgan fingerprint density at radius 2 is 1.24 bits per heavy atom. The lowest BCUT2D eigenvalue weighted by atomic mass is 10.1. The Kier molecular flexibility index (Phi) is 6.58. The van der Waals surface area contributed by atoms with E-state index in [0.717, 1.165) is 4.90 Å². The van der Waals surface area contributed by atoms with Crippen molar-refractivity contribution < 1.29 is 28.7 Å². The Morgan fingerprint density at radius 1 is 0.765 bits per heavy atom. The van der Waals surface area contributed by atoms with Crippen molar-refractivity contribution in [2.45, 2.75) is 39.2 Å². The van der Waals surface area contributed by atoms with E-state index in [-0.39, 0.29) is 48.4 Å². The van der Waals surface area contributed by atoms with Crippen LogP contribution in [0.1, 0.15) is 74.5 Å². The van der Waals surface area contributed by atoms with Crippen molar-refractivity contribution in [2.24, 2.45) is 5.92 Å². The maximum absolute atomic E-state index is 12.9. The molecule has 0 saturated carbocycles. The minimum absolute atomic E-state index is 0.0978. The van der Waals surface area contributed by atoms with Crippen LogP contribution in [0.4, 0.5) is 0 Å². The van der Waals surface area contributed by atoms with Crippen molar-refractivity contribution >= 4 is 29.6 Å². The number of hydrogen-bond donors (Lipinski definition) is 0. The number of nitrogens with zero attached hydrogens (tertiary/aromatic N) is 2. The molecule has 2 heterocycles. The van der Waals surface area contributed by atoms with Crippen molar-refractivity contribution in [3.8, 4) is 0 Å². The number of esters is 1. The average molecular weight is 463 g/mol. The Balaban J connectivity index is 1.43. The van der Waals surface area contributed by atoms with Crippen LogP contribution in [0.3, 0.4) is 0 Å². The van der Waals surface area contributed by atoms with Crippen molar-refractivity contribution in [1.29, 1.82) is 0 Å². The first kappa shape index (κ1) is 23.4. The summed E-state index contributed by atoms with van der Waals surface area (Å²) in [5.41, 5.74) is 1.29. The van der Waals surface area contributed by atoms with E-state index in [9.17, 15) is 24.0 Å². The third-order valence-corrected chi connectivity index (χ3v) is 5.96. The van der Waals surface area contributed by atoms with Crippen molar-refractivity contribution in [3.05, 3.63) is 70.8 Å². The highest BCUT2D eigenvalue weighted by Gasteiger charge is 2.43. The molecule has 176 valence electrons. The number of carbonyl (C=O) groups is 5. The number of benzene rings is 2. The average Bonchev–Trinajstić information content (AvgIpc) is 3.23. The first-order chi connectivity index (χ1) is 16.3. The van der Waals surface area contributed by atoms with Crippen molar-refractivity contribution in [3.63, 3.8) is 0 Å². The fourth-order valence-corrected chi connectivity index (χ4v) is 4.24. The molecule has 0 saturated heterocycles. The van der Waals surface area contributed by atoms with Crippen LogP contribution in [0.15, 0.2) is 48.5 Å². The van der Waals surface area contributed by atoms with Gasteiger partial charge >= 0.3 is 5.97 Å². The molecule has 34 heavy (non-hydrogen) atoms. The van der Waals surface area contributed by atoms with Gasteiger partial charge in [-0.25, -0.2) is 4.79 Å². The van der Waals surface area contributed by atoms with Gasteiger partial charge in [-0.2, -0.15) is 0 Å². The fourth-order valence-electron chi connectivity index (χ4n) is 4.24. The Morgan fingerprint density at radius 3 is 1.71 bits per heavy atom. The number of imide groups is 2. The largest absolute Gasteiger partial charge is 0.464 e. The molecule has 0 bridgehead atoms. The minimum Gasteiger partial charge on any atom is -0.464 e. The van der Waals surface area contributed by atoms with Gasteiger partial charge in [0.15, 0.2) is 0 Å². The maximum Gasteiger partial charge on any atom is 0.329 e. The van der Waals surface area contributed by atoms with E-state index in [4.69, 9.17) is 4.74 Å². The van der Waals surface area contributed by atoms with E-state index in [1.165, 1.54) is 4.90 Å². The van der Waals surface area contributed by atoms with Gasteiger partial charge in [-0.3, -0.25) is 29.0 Å². The molecule has 0 spiro atoms. The first-order valence-corrected chi connectivity index (χ1v) is 11.4. The first-order valence-electron chi connectivity index (χ1n) is 11.4. The second kappa shape index (κ2) is 9.59. The highest BCUT2D eigenvalue weighted by Crippen LogP contribution is 2.28. The van der Waals surface area contributed by atoms with E-state index in [2.05, 4.69) is 0 Å². The highest BCUT2D eigenvalue weighted by atomic mass is 16.5. The predicted octanol–water partition coefficient (Wildman–Crippen LogP) is 3.32. The topological polar surface area (TPSA) is 101 Å². The summed E-state index contributed by atoms with van der Waals surface area (Å²) in [6, 6.07) is 12.1.